The van der Waals surface area contributed by atoms with Crippen molar-refractivity contribution in [2.45, 2.75) is 45.2 Å². The predicted octanol–water partition coefficient (Wildman–Crippen LogP) is 1.50. The number of aryl methyl sites for hydroxylation is 1. The summed E-state index contributed by atoms with van der Waals surface area (Å²) in [5.41, 5.74) is 12.1. The van der Waals surface area contributed by atoms with Gasteiger partial charge in [-0.15, -0.1) is 0 Å². The highest BCUT2D eigenvalue weighted by molar-refractivity contribution is 5.81. The Hall–Kier alpha value is -2.87. The molecule has 2 aromatic heterocycles. The molecular weight excluding hydrogens is 356 g/mol. The van der Waals surface area contributed by atoms with Crippen LogP contribution in [0.15, 0.2) is 16.9 Å². The Bertz CT molecular complexity index is 1100. The molecule has 4 bridgehead atoms. The van der Waals surface area contributed by atoms with E-state index in [-0.39, 0.29) is 17.5 Å². The third-order valence-corrected chi connectivity index (χ3v) is 5.65. The number of nitrogens with two attached hydrogens (primary N) is 1. The van der Waals surface area contributed by atoms with Gasteiger partial charge in [-0.05, 0) is 60.9 Å². The maximum absolute atomic E-state index is 12.6. The summed E-state index contributed by atoms with van der Waals surface area (Å²) in [6.45, 7) is 2.89. The fourth-order valence-corrected chi connectivity index (χ4v) is 4.28. The maximum atomic E-state index is 12.6. The van der Waals surface area contributed by atoms with Crippen LogP contribution in [0.25, 0.3) is 11.2 Å². The molecule has 0 atom stereocenters. The summed E-state index contributed by atoms with van der Waals surface area (Å²) in [6, 6.07) is 4.71. The van der Waals surface area contributed by atoms with E-state index in [0.29, 0.717) is 24.3 Å². The molecule has 0 unspecified atom stereocenters. The number of nitrogen functional groups attached to an aromatic ring is 1. The van der Waals surface area contributed by atoms with Gasteiger partial charge in [-0.25, -0.2) is 4.79 Å². The number of nitrogens with zero attached hydrogens (tertiary/aromatic N) is 3. The number of aromatic nitrogens is 4. The van der Waals surface area contributed by atoms with Crippen LogP contribution in [0.1, 0.15) is 41.5 Å². The third-order valence-electron chi connectivity index (χ3n) is 5.65. The van der Waals surface area contributed by atoms with Crippen molar-refractivity contribution in [2.24, 2.45) is 0 Å². The van der Waals surface area contributed by atoms with E-state index in [4.69, 9.17) is 10.5 Å². The molecule has 0 aliphatic carbocycles. The minimum atomic E-state index is -0.238. The Kier molecular flexibility index (Phi) is 4.27. The molecule has 0 spiro atoms. The average molecular weight is 380 g/mol. The molecule has 0 saturated heterocycles. The number of imidazole rings is 1. The van der Waals surface area contributed by atoms with Gasteiger partial charge in [0, 0.05) is 6.54 Å². The minimum absolute atomic E-state index is 0.227. The normalized spacial score (nSPS) is 17.1. The van der Waals surface area contributed by atoms with Gasteiger partial charge in [0.15, 0.2) is 11.5 Å². The summed E-state index contributed by atoms with van der Waals surface area (Å²) in [6.07, 6.45) is 5.26. The molecule has 4 heterocycles. The van der Waals surface area contributed by atoms with Crippen LogP contribution in [-0.2, 0) is 25.9 Å². The number of anilines is 1. The molecule has 5 rings (SSSR count). The first-order chi connectivity index (χ1) is 13.7. The van der Waals surface area contributed by atoms with Gasteiger partial charge in [-0.1, -0.05) is 12.1 Å². The lowest BCUT2D eigenvalue weighted by molar-refractivity contribution is 0.283. The van der Waals surface area contributed by atoms with Gasteiger partial charge in [0.1, 0.15) is 5.52 Å². The van der Waals surface area contributed by atoms with Gasteiger partial charge in [-0.3, -0.25) is 4.57 Å². The van der Waals surface area contributed by atoms with Crippen LogP contribution in [0.5, 0.6) is 6.01 Å². The number of benzene rings is 1. The first-order valence-electron chi connectivity index (χ1n) is 9.92. The van der Waals surface area contributed by atoms with Crippen LogP contribution in [-0.4, -0.2) is 32.7 Å². The van der Waals surface area contributed by atoms with Crippen molar-refractivity contribution in [1.29, 1.82) is 0 Å². The molecule has 8 nitrogen and oxygen atoms in total. The highest BCUT2D eigenvalue weighted by Gasteiger charge is 2.18. The predicted molar refractivity (Wildman–Crippen MR) is 107 cm³/mol. The van der Waals surface area contributed by atoms with E-state index in [2.05, 4.69) is 32.4 Å². The van der Waals surface area contributed by atoms with Crippen LogP contribution in [0.2, 0.25) is 0 Å². The molecule has 0 radical (unpaired) electrons. The van der Waals surface area contributed by atoms with Gasteiger partial charge in [0.2, 0.25) is 0 Å². The lowest BCUT2D eigenvalue weighted by atomic mass is 9.90. The van der Waals surface area contributed by atoms with E-state index in [1.165, 1.54) is 16.7 Å². The second kappa shape index (κ2) is 6.94. The van der Waals surface area contributed by atoms with Crippen molar-refractivity contribution in [3.8, 4) is 6.01 Å². The molecule has 28 heavy (non-hydrogen) atoms. The minimum Gasteiger partial charge on any atom is -0.463 e. The zero-order chi connectivity index (χ0) is 19.1. The lowest BCUT2D eigenvalue weighted by Gasteiger charge is -2.22. The van der Waals surface area contributed by atoms with Gasteiger partial charge in [-0.2, -0.15) is 9.97 Å². The molecule has 0 amide bonds. The quantitative estimate of drug-likeness (QED) is 0.545. The second-order valence-electron chi connectivity index (χ2n) is 7.58. The second-order valence-corrected chi connectivity index (χ2v) is 7.58. The molecule has 0 saturated carbocycles. The van der Waals surface area contributed by atoms with Crippen molar-refractivity contribution in [3.05, 3.63) is 44.9 Å². The fourth-order valence-electron chi connectivity index (χ4n) is 4.28. The zero-order valence-corrected chi connectivity index (χ0v) is 15.8. The van der Waals surface area contributed by atoms with Gasteiger partial charge in [0.25, 0.3) is 0 Å². The molecule has 0 fully saturated rings. The Morgan fingerprint density at radius 3 is 2.93 bits per heavy atom. The van der Waals surface area contributed by atoms with E-state index in [0.717, 1.165) is 50.8 Å². The first kappa shape index (κ1) is 17.2. The molecule has 2 aliphatic rings. The Labute approximate surface area is 162 Å². The summed E-state index contributed by atoms with van der Waals surface area (Å²) in [5.74, 6) is 0.235. The number of ether oxygens (including phenoxy) is 1. The molecule has 2 aliphatic heterocycles. The summed E-state index contributed by atoms with van der Waals surface area (Å²) in [5, 5.41) is 3.46. The largest absolute Gasteiger partial charge is 0.463 e. The number of hydrogen-bond acceptors (Lipinski definition) is 6. The smallest absolute Gasteiger partial charge is 0.328 e. The van der Waals surface area contributed by atoms with E-state index >= 15 is 0 Å². The van der Waals surface area contributed by atoms with Crippen molar-refractivity contribution in [1.82, 2.24) is 24.8 Å². The molecule has 146 valence electrons. The fraction of sp³-hybridized carbons (Fsp3) is 0.450. The van der Waals surface area contributed by atoms with Gasteiger partial charge >= 0.3 is 11.7 Å². The summed E-state index contributed by atoms with van der Waals surface area (Å²) >= 11 is 0. The Morgan fingerprint density at radius 1 is 1.11 bits per heavy atom. The molecule has 8 heteroatoms. The number of fused-ring (bicyclic) bond motifs is 5. The van der Waals surface area contributed by atoms with Gasteiger partial charge in [0.05, 0.1) is 13.2 Å². The first-order valence-corrected chi connectivity index (χ1v) is 9.92. The average Bonchev–Trinajstić information content (AvgIpc) is 3.00. The third kappa shape index (κ3) is 3.03. The van der Waals surface area contributed by atoms with Crippen molar-refractivity contribution < 1.29 is 4.74 Å². The highest BCUT2D eigenvalue weighted by Crippen LogP contribution is 2.25. The van der Waals surface area contributed by atoms with E-state index in [1.54, 1.807) is 4.57 Å². The van der Waals surface area contributed by atoms with Gasteiger partial charge < -0.3 is 20.8 Å². The number of aromatic amines is 1. The highest BCUT2D eigenvalue weighted by atomic mass is 16.5. The van der Waals surface area contributed by atoms with Crippen LogP contribution >= 0.6 is 0 Å². The standard InChI is InChI=1S/C20H24N6O2/c21-17-16-18-25-19(24-17)28-7-3-1-2-4-13-8-12(11-26(18)20(27)23-16)9-14-10-22-6-5-15(13)14/h8-9,22H,1-7,10-11H2,(H,23,27)(H2,21,24,25). The van der Waals surface area contributed by atoms with Crippen LogP contribution in [0.3, 0.4) is 0 Å². The van der Waals surface area contributed by atoms with Crippen molar-refractivity contribution >= 4 is 17.0 Å². The van der Waals surface area contributed by atoms with E-state index in [1.807, 2.05) is 0 Å². The summed E-state index contributed by atoms with van der Waals surface area (Å²) in [4.78, 5) is 24.0. The number of rotatable bonds is 0. The van der Waals surface area contributed by atoms with Crippen molar-refractivity contribution in [3.63, 3.8) is 0 Å². The Balaban J connectivity index is 1.66. The van der Waals surface area contributed by atoms with E-state index in [9.17, 15) is 4.79 Å². The van der Waals surface area contributed by atoms with Crippen LogP contribution in [0, 0.1) is 0 Å². The number of H-pyrrole nitrogens is 1. The van der Waals surface area contributed by atoms with E-state index < -0.39 is 0 Å². The topological polar surface area (TPSA) is 111 Å². The monoisotopic (exact) mass is 380 g/mol. The lowest BCUT2D eigenvalue weighted by Crippen LogP contribution is -2.25. The zero-order valence-electron chi connectivity index (χ0n) is 15.8. The van der Waals surface area contributed by atoms with Crippen LogP contribution in [0.4, 0.5) is 5.82 Å². The summed E-state index contributed by atoms with van der Waals surface area (Å²) < 4.78 is 7.32. The number of hydrogen-bond donors (Lipinski definition) is 3. The maximum Gasteiger partial charge on any atom is 0.328 e. The molecule has 4 N–H and O–H groups in total. The molecule has 1 aromatic carbocycles. The summed E-state index contributed by atoms with van der Waals surface area (Å²) in [7, 11) is 0. The Morgan fingerprint density at radius 2 is 2.00 bits per heavy atom. The SMILES string of the molecule is Nc1nc2nc3c1[nH]c(=O)n3Cc1cc(c3c(c1)CNCC3)CCCCCO2. The number of nitrogens with one attached hydrogen (secondary N) is 2. The molecule has 3 aromatic rings. The molecular formula is C20H24N6O2. The van der Waals surface area contributed by atoms with Crippen molar-refractivity contribution in [2.75, 3.05) is 18.9 Å². The van der Waals surface area contributed by atoms with Crippen LogP contribution < -0.4 is 21.5 Å².